The van der Waals surface area contributed by atoms with Crippen LogP contribution in [-0.4, -0.2) is 68.5 Å². The van der Waals surface area contributed by atoms with Crippen LogP contribution in [0, 0.1) is 11.8 Å². The Balaban J connectivity index is 1.99. The van der Waals surface area contributed by atoms with E-state index in [0.717, 1.165) is 0 Å². The number of likely N-dealkylation sites (N-methyl/N-ethyl adjacent to an activating group) is 1. The number of amides is 1. The van der Waals surface area contributed by atoms with Gasteiger partial charge in [0.25, 0.3) is 5.91 Å². The lowest BCUT2D eigenvalue weighted by molar-refractivity contribution is -0.153. The van der Waals surface area contributed by atoms with E-state index < -0.39 is 63.8 Å². The number of primary amides is 1. The summed E-state index contributed by atoms with van der Waals surface area (Å²) in [4.78, 5) is 39.9. The zero-order valence-corrected chi connectivity index (χ0v) is 18.0. The fraction of sp³-hybridized carbons (Fsp3) is 0.381. The van der Waals surface area contributed by atoms with E-state index in [0.29, 0.717) is 5.56 Å². The summed E-state index contributed by atoms with van der Waals surface area (Å²) in [6.07, 6.45) is 0.163. The van der Waals surface area contributed by atoms with Gasteiger partial charge in [-0.05, 0) is 44.5 Å². The van der Waals surface area contributed by atoms with Crippen molar-refractivity contribution in [2.24, 2.45) is 17.6 Å². The van der Waals surface area contributed by atoms with E-state index in [1.165, 1.54) is 25.1 Å². The SMILES string of the molecule is CN(C)[C@@H]1C(=O)C(C(N)=O)=C(O)[C@@]2(O)C(=O)C3=C(O)c4c(cc(Cl)c(N)c4O)CC3CC12. The Morgan fingerprint density at radius 1 is 1.25 bits per heavy atom. The van der Waals surface area contributed by atoms with E-state index in [9.17, 15) is 34.8 Å². The first-order chi connectivity index (χ1) is 14.8. The summed E-state index contributed by atoms with van der Waals surface area (Å²) in [5.74, 6) is -7.20. The van der Waals surface area contributed by atoms with Crippen molar-refractivity contribution in [3.05, 3.63) is 39.1 Å². The van der Waals surface area contributed by atoms with Gasteiger partial charge in [0.2, 0.25) is 5.78 Å². The van der Waals surface area contributed by atoms with Crippen molar-refractivity contribution in [3.8, 4) is 5.75 Å². The third-order valence-corrected chi connectivity index (χ3v) is 7.01. The number of aliphatic hydroxyl groups excluding tert-OH is 2. The first kappa shape index (κ1) is 22.1. The molecule has 1 aromatic carbocycles. The minimum atomic E-state index is -2.67. The average Bonchev–Trinajstić information content (AvgIpc) is 2.68. The number of aromatic hydroxyl groups is 1. The molecule has 0 spiro atoms. The number of anilines is 1. The number of carbonyl (C=O) groups is 3. The molecule has 4 atom stereocenters. The van der Waals surface area contributed by atoms with E-state index >= 15 is 0 Å². The van der Waals surface area contributed by atoms with Gasteiger partial charge in [-0.3, -0.25) is 19.3 Å². The highest BCUT2D eigenvalue weighted by molar-refractivity contribution is 6.33. The number of nitrogen functional groups attached to an aromatic ring is 1. The van der Waals surface area contributed by atoms with Crippen LogP contribution in [0.15, 0.2) is 23.0 Å². The van der Waals surface area contributed by atoms with Gasteiger partial charge in [0.05, 0.1) is 22.3 Å². The molecule has 8 N–H and O–H groups in total. The van der Waals surface area contributed by atoms with Crippen LogP contribution in [0.2, 0.25) is 5.02 Å². The molecule has 1 saturated carbocycles. The second-order valence-electron chi connectivity index (χ2n) is 8.62. The predicted molar refractivity (Wildman–Crippen MR) is 114 cm³/mol. The average molecular weight is 464 g/mol. The second kappa shape index (κ2) is 6.96. The number of fused-ring (bicyclic) bond motifs is 3. The summed E-state index contributed by atoms with van der Waals surface area (Å²) < 4.78 is 0. The van der Waals surface area contributed by atoms with Gasteiger partial charge in [0.1, 0.15) is 17.1 Å². The molecule has 0 saturated heterocycles. The molecule has 11 heteroatoms. The second-order valence-corrected chi connectivity index (χ2v) is 9.02. The van der Waals surface area contributed by atoms with Crippen LogP contribution in [0.25, 0.3) is 5.76 Å². The molecule has 2 unspecified atom stereocenters. The predicted octanol–water partition coefficient (Wildman–Crippen LogP) is 0.200. The van der Waals surface area contributed by atoms with Crippen LogP contribution < -0.4 is 11.5 Å². The highest BCUT2D eigenvalue weighted by Crippen LogP contribution is 2.53. The summed E-state index contributed by atoms with van der Waals surface area (Å²) in [6, 6.07) is 0.346. The zero-order valence-electron chi connectivity index (χ0n) is 17.2. The maximum absolute atomic E-state index is 13.6. The minimum Gasteiger partial charge on any atom is -0.508 e. The maximum Gasteiger partial charge on any atom is 0.255 e. The number of rotatable bonds is 2. The summed E-state index contributed by atoms with van der Waals surface area (Å²) in [7, 11) is 3.07. The van der Waals surface area contributed by atoms with Crippen molar-refractivity contribution in [3.63, 3.8) is 0 Å². The molecule has 1 aromatic rings. The lowest BCUT2D eigenvalue weighted by Crippen LogP contribution is -2.65. The molecule has 0 bridgehead atoms. The molecule has 0 radical (unpaired) electrons. The molecule has 0 aliphatic heterocycles. The van der Waals surface area contributed by atoms with Crippen molar-refractivity contribution in [2.75, 3.05) is 19.8 Å². The van der Waals surface area contributed by atoms with Crippen LogP contribution >= 0.6 is 11.6 Å². The standard InChI is InChI=1S/C21H22ClN3O7/c1-25(2)14-8-4-6-3-7-5-9(22)13(23)16(27)10(7)15(26)11(6)18(29)21(8,32)19(30)12(17(14)28)20(24)31/h5-6,8,14,26-27,30,32H,3-4,23H2,1-2H3,(H2,24,31)/t6?,8?,14-,21-/m0/s1. The first-order valence-electron chi connectivity index (χ1n) is 9.78. The van der Waals surface area contributed by atoms with Gasteiger partial charge in [-0.1, -0.05) is 11.6 Å². The van der Waals surface area contributed by atoms with E-state index in [1.54, 1.807) is 0 Å². The van der Waals surface area contributed by atoms with Crippen LogP contribution in [0.5, 0.6) is 5.75 Å². The number of nitrogens with zero attached hydrogens (tertiary/aromatic N) is 1. The highest BCUT2D eigenvalue weighted by Gasteiger charge is 2.64. The zero-order chi connectivity index (χ0) is 23.9. The quantitative estimate of drug-likeness (QED) is 0.202. The molecule has 170 valence electrons. The Hall–Kier alpha value is -3.08. The number of hydrogen-bond donors (Lipinski definition) is 6. The Labute approximate surface area is 187 Å². The number of benzene rings is 1. The number of Topliss-reactive ketones (excluding diaryl/α,β-unsaturated/α-hetero) is 2. The van der Waals surface area contributed by atoms with E-state index in [-0.39, 0.29) is 34.7 Å². The fourth-order valence-corrected chi connectivity index (χ4v) is 5.50. The number of aliphatic hydroxyl groups is 3. The van der Waals surface area contributed by atoms with E-state index in [4.69, 9.17) is 23.1 Å². The molecule has 0 heterocycles. The molecule has 10 nitrogen and oxygen atoms in total. The number of carbonyl (C=O) groups excluding carboxylic acids is 3. The normalized spacial score (nSPS) is 29.7. The van der Waals surface area contributed by atoms with Gasteiger partial charge < -0.3 is 31.9 Å². The van der Waals surface area contributed by atoms with Gasteiger partial charge in [-0.15, -0.1) is 0 Å². The lowest BCUT2D eigenvalue weighted by Gasteiger charge is -2.50. The van der Waals surface area contributed by atoms with Gasteiger partial charge in [-0.2, -0.15) is 0 Å². The largest absolute Gasteiger partial charge is 0.508 e. The van der Waals surface area contributed by atoms with Gasteiger partial charge >= 0.3 is 0 Å². The van der Waals surface area contributed by atoms with Crippen molar-refractivity contribution >= 4 is 40.5 Å². The number of halogens is 1. The van der Waals surface area contributed by atoms with Crippen molar-refractivity contribution in [1.82, 2.24) is 4.90 Å². The summed E-state index contributed by atoms with van der Waals surface area (Å²) in [5, 5.41) is 43.6. The van der Waals surface area contributed by atoms with Crippen LogP contribution in [-0.2, 0) is 20.8 Å². The summed E-state index contributed by atoms with van der Waals surface area (Å²) >= 11 is 6.06. The Morgan fingerprint density at radius 2 is 1.88 bits per heavy atom. The Bertz CT molecular complexity index is 1170. The Kier molecular flexibility index (Phi) is 4.81. The molecule has 0 aromatic heterocycles. The molecule has 3 aliphatic rings. The van der Waals surface area contributed by atoms with Crippen LogP contribution in [0.4, 0.5) is 5.69 Å². The molecular weight excluding hydrogens is 442 g/mol. The molecule has 1 fully saturated rings. The molecular formula is C21H22ClN3O7. The van der Waals surface area contributed by atoms with Crippen molar-refractivity contribution < 1.29 is 34.8 Å². The van der Waals surface area contributed by atoms with E-state index in [1.807, 2.05) is 0 Å². The molecule has 3 aliphatic carbocycles. The highest BCUT2D eigenvalue weighted by atomic mass is 35.5. The Morgan fingerprint density at radius 3 is 2.44 bits per heavy atom. The molecule has 1 amide bonds. The van der Waals surface area contributed by atoms with Crippen LogP contribution in [0.3, 0.4) is 0 Å². The number of phenolic OH excluding ortho intramolecular Hbond substituents is 1. The number of ketones is 2. The third-order valence-electron chi connectivity index (χ3n) is 6.70. The minimum absolute atomic E-state index is 0.00845. The first-order valence-corrected chi connectivity index (χ1v) is 10.2. The number of phenols is 1. The van der Waals surface area contributed by atoms with Crippen molar-refractivity contribution in [1.29, 1.82) is 0 Å². The maximum atomic E-state index is 13.6. The molecule has 4 rings (SSSR count). The van der Waals surface area contributed by atoms with Crippen molar-refractivity contribution in [2.45, 2.75) is 24.5 Å². The van der Waals surface area contributed by atoms with Gasteiger partial charge in [-0.25, -0.2) is 0 Å². The lowest BCUT2D eigenvalue weighted by atomic mass is 9.57. The monoisotopic (exact) mass is 463 g/mol. The molecule has 32 heavy (non-hydrogen) atoms. The van der Waals surface area contributed by atoms with E-state index in [2.05, 4.69) is 0 Å². The van der Waals surface area contributed by atoms with Gasteiger partial charge in [0, 0.05) is 11.5 Å². The summed E-state index contributed by atoms with van der Waals surface area (Å²) in [5.41, 5.74) is 7.41. The smallest absolute Gasteiger partial charge is 0.255 e. The number of hydrogen-bond acceptors (Lipinski definition) is 9. The van der Waals surface area contributed by atoms with Gasteiger partial charge in [0.15, 0.2) is 17.1 Å². The fourth-order valence-electron chi connectivity index (χ4n) is 5.28. The topological polar surface area (TPSA) is 187 Å². The third kappa shape index (κ3) is 2.63. The number of nitrogens with two attached hydrogens (primary N) is 2. The van der Waals surface area contributed by atoms with Crippen LogP contribution in [0.1, 0.15) is 17.5 Å². The summed E-state index contributed by atoms with van der Waals surface area (Å²) in [6.45, 7) is 0.